The second-order valence-corrected chi connectivity index (χ2v) is 7.65. The number of fused-ring (bicyclic) bond motifs is 2. The molecule has 1 aromatic carbocycles. The van der Waals surface area contributed by atoms with Gasteiger partial charge in [0.1, 0.15) is 6.67 Å². The molecule has 142 valence electrons. The number of urea groups is 1. The molecule has 2 N–H and O–H groups in total. The lowest BCUT2D eigenvalue weighted by molar-refractivity contribution is -0.140. The quantitative estimate of drug-likeness (QED) is 0.636. The van der Waals surface area contributed by atoms with Gasteiger partial charge in [0.15, 0.2) is 0 Å². The number of rotatable bonds is 3. The van der Waals surface area contributed by atoms with E-state index in [0.29, 0.717) is 5.69 Å². The molecule has 1 saturated carbocycles. The van der Waals surface area contributed by atoms with E-state index >= 15 is 0 Å². The van der Waals surface area contributed by atoms with Gasteiger partial charge in [0, 0.05) is 17.3 Å². The molecule has 4 amide bonds. The molecule has 3 aliphatic carbocycles. The molecule has 0 unspecified atom stereocenters. The number of carbonyl (C=O) groups is 3. The van der Waals surface area contributed by atoms with E-state index in [2.05, 4.69) is 27.8 Å². The summed E-state index contributed by atoms with van der Waals surface area (Å²) in [6.07, 6.45) is 7.79. The van der Waals surface area contributed by atoms with Crippen LogP contribution in [0.2, 0.25) is 0 Å². The molecule has 0 spiro atoms. The van der Waals surface area contributed by atoms with Crippen molar-refractivity contribution in [1.82, 2.24) is 15.2 Å². The number of allylic oxidation sites excluding steroid dienone is 2. The molecule has 7 nitrogen and oxygen atoms in total. The van der Waals surface area contributed by atoms with Gasteiger partial charge < -0.3 is 10.6 Å². The molecular formula is C21H20N4O3. The Hall–Kier alpha value is -3.22. The molecule has 2 heterocycles. The second kappa shape index (κ2) is 6.44. The van der Waals surface area contributed by atoms with E-state index in [1.54, 1.807) is 12.3 Å². The van der Waals surface area contributed by atoms with Crippen LogP contribution in [0.4, 0.5) is 10.5 Å². The number of aromatic nitrogens is 1. The van der Waals surface area contributed by atoms with E-state index in [1.807, 2.05) is 24.3 Å². The average Bonchev–Trinajstić information content (AvgIpc) is 2.99. The Balaban J connectivity index is 1.24. The summed E-state index contributed by atoms with van der Waals surface area (Å²) in [5.74, 6) is -0.534. The summed E-state index contributed by atoms with van der Waals surface area (Å²) in [6.45, 7) is -0.106. The van der Waals surface area contributed by atoms with Gasteiger partial charge >= 0.3 is 6.03 Å². The van der Waals surface area contributed by atoms with E-state index in [0.717, 1.165) is 23.7 Å². The monoisotopic (exact) mass is 376 g/mol. The molecule has 4 atom stereocenters. The molecule has 28 heavy (non-hydrogen) atoms. The third kappa shape index (κ3) is 2.66. The highest BCUT2D eigenvalue weighted by Crippen LogP contribution is 2.49. The zero-order chi connectivity index (χ0) is 19.3. The average molecular weight is 376 g/mol. The Kier molecular flexibility index (Phi) is 3.89. The first-order chi connectivity index (χ1) is 13.6. The summed E-state index contributed by atoms with van der Waals surface area (Å²) in [7, 11) is 0. The van der Waals surface area contributed by atoms with E-state index < -0.39 is 6.03 Å². The topological polar surface area (TPSA) is 91.4 Å². The smallest absolute Gasteiger partial charge is 0.320 e. The summed E-state index contributed by atoms with van der Waals surface area (Å²) < 4.78 is 0. The van der Waals surface area contributed by atoms with Crippen molar-refractivity contribution in [2.24, 2.45) is 23.7 Å². The van der Waals surface area contributed by atoms with Crippen LogP contribution in [0.25, 0.3) is 10.9 Å². The number of likely N-dealkylation sites (tertiary alicyclic amines) is 1. The third-order valence-corrected chi connectivity index (χ3v) is 6.11. The van der Waals surface area contributed by atoms with E-state index in [9.17, 15) is 14.4 Å². The number of amides is 4. The molecular weight excluding hydrogens is 356 g/mol. The minimum Gasteiger partial charge on any atom is -0.320 e. The van der Waals surface area contributed by atoms with Gasteiger partial charge in [0.05, 0.1) is 17.4 Å². The Morgan fingerprint density at radius 3 is 2.46 bits per heavy atom. The van der Waals surface area contributed by atoms with Crippen LogP contribution in [0, 0.1) is 23.7 Å². The summed E-state index contributed by atoms with van der Waals surface area (Å²) in [5, 5.41) is 6.29. The van der Waals surface area contributed by atoms with Crippen LogP contribution in [0.5, 0.6) is 0 Å². The van der Waals surface area contributed by atoms with Gasteiger partial charge in [0.25, 0.3) is 0 Å². The minimum atomic E-state index is -0.459. The molecule has 6 rings (SSSR count). The maximum Gasteiger partial charge on any atom is 0.320 e. The van der Waals surface area contributed by atoms with Crippen molar-refractivity contribution in [1.29, 1.82) is 0 Å². The zero-order valence-electron chi connectivity index (χ0n) is 15.2. The van der Waals surface area contributed by atoms with Gasteiger partial charge in [-0.1, -0.05) is 18.2 Å². The van der Waals surface area contributed by atoms with Gasteiger partial charge in [0.2, 0.25) is 11.8 Å². The predicted octanol–water partition coefficient (Wildman–Crippen LogP) is 2.51. The van der Waals surface area contributed by atoms with E-state index in [4.69, 9.17) is 0 Å². The molecule has 4 aliphatic rings. The number of hydrogen-bond donors (Lipinski definition) is 2. The molecule has 1 aliphatic heterocycles. The molecule has 1 saturated heterocycles. The van der Waals surface area contributed by atoms with Crippen LogP contribution in [0.1, 0.15) is 12.8 Å². The Labute approximate surface area is 161 Å². The van der Waals surface area contributed by atoms with Crippen molar-refractivity contribution in [3.8, 4) is 0 Å². The molecule has 2 aromatic rings. The van der Waals surface area contributed by atoms with Crippen molar-refractivity contribution >= 4 is 34.4 Å². The van der Waals surface area contributed by atoms with E-state index in [1.165, 1.54) is 4.90 Å². The lowest BCUT2D eigenvalue weighted by Crippen LogP contribution is -2.43. The van der Waals surface area contributed by atoms with Crippen molar-refractivity contribution < 1.29 is 14.4 Å². The largest absolute Gasteiger partial charge is 0.320 e. The molecule has 2 bridgehead atoms. The number of carbonyl (C=O) groups excluding carboxylic acids is 3. The van der Waals surface area contributed by atoms with Crippen molar-refractivity contribution in [3.63, 3.8) is 0 Å². The van der Waals surface area contributed by atoms with Gasteiger partial charge in [-0.25, -0.2) is 4.79 Å². The van der Waals surface area contributed by atoms with Crippen LogP contribution in [-0.4, -0.2) is 34.4 Å². The maximum absolute atomic E-state index is 12.7. The molecule has 2 fully saturated rings. The lowest BCUT2D eigenvalue weighted by atomic mass is 9.63. The van der Waals surface area contributed by atoms with Crippen molar-refractivity contribution in [2.75, 3.05) is 12.0 Å². The number of nitrogens with zero attached hydrogens (tertiary/aromatic N) is 2. The normalized spacial score (nSPS) is 27.9. The van der Waals surface area contributed by atoms with Crippen LogP contribution in [0.15, 0.2) is 48.7 Å². The second-order valence-electron chi connectivity index (χ2n) is 7.65. The number of imide groups is 1. The highest BCUT2D eigenvalue weighted by atomic mass is 16.2. The van der Waals surface area contributed by atoms with Crippen molar-refractivity contribution in [2.45, 2.75) is 12.8 Å². The first-order valence-corrected chi connectivity index (χ1v) is 9.55. The standard InChI is InChI=1S/C21H20N4O3/c26-19-17-12-3-4-13(6-5-12)18(17)20(27)25(19)11-23-21(28)24-15-7-8-16-14(10-15)2-1-9-22-16/h1-4,7-10,12-13,17-18H,5-6,11H2,(H2,23,24,28)/t12-,13-,17-,18+/m0/s1. The number of pyridine rings is 1. The van der Waals surface area contributed by atoms with Gasteiger partial charge in [-0.15, -0.1) is 0 Å². The van der Waals surface area contributed by atoms with Crippen LogP contribution < -0.4 is 10.6 Å². The molecule has 1 aromatic heterocycles. The fourth-order valence-electron chi connectivity index (χ4n) is 4.77. The van der Waals surface area contributed by atoms with Crippen LogP contribution >= 0.6 is 0 Å². The highest BCUT2D eigenvalue weighted by Gasteiger charge is 2.56. The van der Waals surface area contributed by atoms with E-state index in [-0.39, 0.29) is 42.2 Å². The number of anilines is 1. The Bertz CT molecular complexity index is 986. The number of hydrogen-bond acceptors (Lipinski definition) is 4. The predicted molar refractivity (Wildman–Crippen MR) is 103 cm³/mol. The minimum absolute atomic E-state index is 0.106. The van der Waals surface area contributed by atoms with Gasteiger partial charge in [-0.05, 0) is 48.9 Å². The summed E-state index contributed by atoms with van der Waals surface area (Å²) in [4.78, 5) is 43.2. The molecule has 7 heteroatoms. The van der Waals surface area contributed by atoms with Gasteiger partial charge in [-0.2, -0.15) is 0 Å². The maximum atomic E-state index is 12.7. The lowest BCUT2D eigenvalue weighted by Gasteiger charge is -2.38. The highest BCUT2D eigenvalue weighted by molar-refractivity contribution is 6.06. The number of nitrogens with one attached hydrogen (secondary N) is 2. The first-order valence-electron chi connectivity index (χ1n) is 9.55. The SMILES string of the molecule is O=C(NCN1C(=O)[C@@H]2[C@H](C1=O)[C@H]1C=C[C@H]2CC1)Nc1ccc2ncccc2c1. The van der Waals surface area contributed by atoms with Gasteiger partial charge in [-0.3, -0.25) is 19.5 Å². The summed E-state index contributed by atoms with van der Waals surface area (Å²) in [5.41, 5.74) is 1.46. The van der Waals surface area contributed by atoms with Crippen molar-refractivity contribution in [3.05, 3.63) is 48.7 Å². The molecule has 0 radical (unpaired) electrons. The summed E-state index contributed by atoms with van der Waals surface area (Å²) in [6, 6.07) is 8.70. The third-order valence-electron chi connectivity index (χ3n) is 6.11. The fraction of sp³-hybridized carbons (Fsp3) is 0.333. The fourth-order valence-corrected chi connectivity index (χ4v) is 4.77. The summed E-state index contributed by atoms with van der Waals surface area (Å²) >= 11 is 0. The van der Waals surface area contributed by atoms with Crippen LogP contribution in [0.3, 0.4) is 0 Å². The Morgan fingerprint density at radius 1 is 1.07 bits per heavy atom. The number of benzene rings is 1. The Morgan fingerprint density at radius 2 is 1.79 bits per heavy atom. The first kappa shape index (κ1) is 16.9. The van der Waals surface area contributed by atoms with Crippen LogP contribution in [-0.2, 0) is 9.59 Å². The zero-order valence-corrected chi connectivity index (χ0v) is 15.2.